The van der Waals surface area contributed by atoms with E-state index in [9.17, 15) is 4.79 Å². The molecule has 1 aliphatic rings. The zero-order valence-corrected chi connectivity index (χ0v) is 22.7. The highest BCUT2D eigenvalue weighted by molar-refractivity contribution is 8.02. The summed E-state index contributed by atoms with van der Waals surface area (Å²) in [5, 5.41) is 4.90. The lowest BCUT2D eigenvalue weighted by atomic mass is 10.0. The third-order valence-corrected chi connectivity index (χ3v) is 8.99. The lowest BCUT2D eigenvalue weighted by molar-refractivity contribution is -0.140. The van der Waals surface area contributed by atoms with Gasteiger partial charge in [-0.25, -0.2) is 4.98 Å². The second-order valence-corrected chi connectivity index (χ2v) is 11.2. The molecule has 2 heterocycles. The molecular formula is C25H25ClN2O4S3. The van der Waals surface area contributed by atoms with E-state index >= 15 is 0 Å². The summed E-state index contributed by atoms with van der Waals surface area (Å²) >= 11 is 15.6. The number of methoxy groups -OCH3 is 3. The van der Waals surface area contributed by atoms with Gasteiger partial charge in [0.2, 0.25) is 0 Å². The van der Waals surface area contributed by atoms with Gasteiger partial charge < -0.3 is 19.5 Å². The molecule has 0 saturated heterocycles. The Kier molecular flexibility index (Phi) is 8.54. The van der Waals surface area contributed by atoms with Crippen molar-refractivity contribution in [3.63, 3.8) is 0 Å². The van der Waals surface area contributed by atoms with Gasteiger partial charge in [-0.2, -0.15) is 0 Å². The van der Waals surface area contributed by atoms with Gasteiger partial charge in [0.15, 0.2) is 11.5 Å². The van der Waals surface area contributed by atoms with Crippen molar-refractivity contribution in [2.45, 2.75) is 29.8 Å². The molecule has 2 atom stereocenters. The Morgan fingerprint density at radius 1 is 1.17 bits per heavy atom. The molecule has 184 valence electrons. The van der Waals surface area contributed by atoms with Crippen LogP contribution >= 0.6 is 46.9 Å². The summed E-state index contributed by atoms with van der Waals surface area (Å²) in [6.07, 6.45) is 3.43. The monoisotopic (exact) mass is 548 g/mol. The second-order valence-electron chi connectivity index (χ2n) is 7.81. The Labute approximate surface area is 223 Å². The van der Waals surface area contributed by atoms with Crippen molar-refractivity contribution in [3.8, 4) is 11.5 Å². The van der Waals surface area contributed by atoms with Crippen LogP contribution in [-0.4, -0.2) is 42.5 Å². The van der Waals surface area contributed by atoms with Gasteiger partial charge in [-0.1, -0.05) is 36.0 Å². The second kappa shape index (κ2) is 11.6. The number of fused-ring (bicyclic) bond motifs is 1. The molecule has 0 radical (unpaired) electrons. The van der Waals surface area contributed by atoms with Crippen molar-refractivity contribution < 1.29 is 19.0 Å². The third kappa shape index (κ3) is 5.91. The van der Waals surface area contributed by atoms with Crippen molar-refractivity contribution in [2.75, 3.05) is 26.6 Å². The molecule has 1 aromatic heterocycles. The van der Waals surface area contributed by atoms with Gasteiger partial charge >= 0.3 is 5.97 Å². The Bertz CT molecular complexity index is 1230. The fraction of sp³-hybridized carbons (Fsp3) is 0.320. The van der Waals surface area contributed by atoms with E-state index in [1.54, 1.807) is 37.3 Å². The molecule has 35 heavy (non-hydrogen) atoms. The minimum Gasteiger partial charge on any atom is -0.493 e. The molecule has 0 aliphatic carbocycles. The van der Waals surface area contributed by atoms with E-state index in [1.165, 1.54) is 7.11 Å². The fourth-order valence-corrected chi connectivity index (χ4v) is 6.97. The summed E-state index contributed by atoms with van der Waals surface area (Å²) < 4.78 is 16.1. The van der Waals surface area contributed by atoms with E-state index in [-0.39, 0.29) is 16.5 Å². The number of nitrogens with zero attached hydrogens (tertiary/aromatic N) is 1. The van der Waals surface area contributed by atoms with E-state index < -0.39 is 0 Å². The van der Waals surface area contributed by atoms with E-state index in [1.807, 2.05) is 42.6 Å². The summed E-state index contributed by atoms with van der Waals surface area (Å²) in [6.45, 7) is 0. The molecule has 10 heteroatoms. The van der Waals surface area contributed by atoms with Crippen molar-refractivity contribution in [3.05, 3.63) is 68.6 Å². The number of hydrogen-bond acceptors (Lipinski definition) is 8. The van der Waals surface area contributed by atoms with Crippen LogP contribution in [-0.2, 0) is 22.4 Å². The number of anilines is 1. The highest BCUT2D eigenvalue weighted by atomic mass is 35.5. The summed E-state index contributed by atoms with van der Waals surface area (Å²) in [7, 11) is 4.68. The molecule has 4 rings (SSSR count). The van der Waals surface area contributed by atoms with Gasteiger partial charge in [0.05, 0.1) is 48.2 Å². The first-order valence-electron chi connectivity index (χ1n) is 10.9. The lowest BCUT2D eigenvalue weighted by Crippen LogP contribution is -2.24. The van der Waals surface area contributed by atoms with Gasteiger partial charge in [0.25, 0.3) is 0 Å². The predicted octanol–water partition coefficient (Wildman–Crippen LogP) is 6.11. The summed E-state index contributed by atoms with van der Waals surface area (Å²) in [5.41, 5.74) is 2.92. The highest BCUT2D eigenvalue weighted by Crippen LogP contribution is 2.50. The average Bonchev–Trinajstić information content (AvgIpc) is 3.27. The van der Waals surface area contributed by atoms with Gasteiger partial charge in [-0.3, -0.25) is 4.79 Å². The molecule has 1 aliphatic heterocycles. The topological polar surface area (TPSA) is 69.7 Å². The number of nitrogens with one attached hydrogen (secondary N) is 1. The van der Waals surface area contributed by atoms with Gasteiger partial charge in [-0.05, 0) is 36.2 Å². The van der Waals surface area contributed by atoms with E-state index in [2.05, 4.69) is 10.3 Å². The first-order valence-corrected chi connectivity index (χ1v) is 13.4. The van der Waals surface area contributed by atoms with Crippen LogP contribution in [0.4, 0.5) is 5.69 Å². The lowest BCUT2D eigenvalue weighted by Gasteiger charge is -2.23. The maximum absolute atomic E-state index is 11.5. The molecule has 0 spiro atoms. The van der Waals surface area contributed by atoms with Crippen LogP contribution in [0.25, 0.3) is 0 Å². The van der Waals surface area contributed by atoms with Gasteiger partial charge in [0.1, 0.15) is 0 Å². The number of carbonyl (C=O) groups is 1. The number of halogens is 1. The number of ether oxygens (including phenoxy) is 3. The molecule has 0 saturated carbocycles. The number of thiocarbonyl (C=S) groups is 1. The number of thioether (sulfide) groups is 1. The van der Waals surface area contributed by atoms with E-state index in [0.29, 0.717) is 35.8 Å². The van der Waals surface area contributed by atoms with Crippen molar-refractivity contribution >= 4 is 63.6 Å². The minimum absolute atomic E-state index is 0.0447. The third-order valence-electron chi connectivity index (χ3n) is 5.63. The highest BCUT2D eigenvalue weighted by Gasteiger charge is 2.32. The summed E-state index contributed by atoms with van der Waals surface area (Å²) in [6, 6.07) is 11.7. The smallest absolute Gasteiger partial charge is 0.305 e. The number of hydrogen-bond donors (Lipinski definition) is 1. The Balaban J connectivity index is 1.67. The number of para-hydroxylation sites is 1. The van der Waals surface area contributed by atoms with Gasteiger partial charge in [-0.15, -0.1) is 23.1 Å². The first kappa shape index (κ1) is 25.8. The van der Waals surface area contributed by atoms with Crippen LogP contribution in [0.1, 0.15) is 32.7 Å². The molecule has 0 unspecified atom stereocenters. The number of esters is 1. The molecule has 3 aromatic rings. The zero-order chi connectivity index (χ0) is 24.9. The Morgan fingerprint density at radius 2 is 2.00 bits per heavy atom. The van der Waals surface area contributed by atoms with Crippen molar-refractivity contribution in [2.24, 2.45) is 0 Å². The maximum Gasteiger partial charge on any atom is 0.305 e. The number of aromatic nitrogens is 1. The minimum atomic E-state index is -0.226. The quantitative estimate of drug-likeness (QED) is 0.267. The predicted molar refractivity (Wildman–Crippen MR) is 147 cm³/mol. The molecule has 2 aromatic carbocycles. The largest absolute Gasteiger partial charge is 0.493 e. The summed E-state index contributed by atoms with van der Waals surface area (Å²) in [5.74, 6) is 1.13. The SMILES string of the molecule is COC(=O)CCc1cnc(C[C@@H]2S[C@@H](c3cccc(OC)c3OC)c3cc(Cl)ccc3NC2=S)s1. The molecular weight excluding hydrogens is 524 g/mol. The van der Waals surface area contributed by atoms with E-state index in [0.717, 1.165) is 31.7 Å². The summed E-state index contributed by atoms with van der Waals surface area (Å²) in [4.78, 5) is 17.9. The fourth-order valence-electron chi connectivity index (χ4n) is 3.92. The molecule has 0 fully saturated rings. The van der Waals surface area contributed by atoms with Gasteiger partial charge in [0, 0.05) is 33.8 Å². The zero-order valence-electron chi connectivity index (χ0n) is 19.5. The molecule has 0 amide bonds. The van der Waals surface area contributed by atoms with Crippen LogP contribution in [0.3, 0.4) is 0 Å². The van der Waals surface area contributed by atoms with Crippen molar-refractivity contribution in [1.29, 1.82) is 0 Å². The number of benzene rings is 2. The normalized spacial score (nSPS) is 17.2. The first-order chi connectivity index (χ1) is 16.9. The maximum atomic E-state index is 11.5. The number of aryl methyl sites for hydroxylation is 1. The van der Waals surface area contributed by atoms with Crippen LogP contribution in [0.2, 0.25) is 5.02 Å². The molecule has 0 bridgehead atoms. The standard InChI is InChI=1S/C25H25ClN2O4S3/c1-30-19-6-4-5-16(23(19)32-3)24-17-11-14(26)7-9-18(17)28-25(33)20(35-24)12-21-27-13-15(34-21)8-10-22(29)31-2/h4-7,9,11,13,20,24H,8,10,12H2,1-3H3,(H,28,33)/t20-,24-/m0/s1. The Morgan fingerprint density at radius 3 is 2.74 bits per heavy atom. The van der Waals surface area contributed by atoms with E-state index in [4.69, 9.17) is 38.0 Å². The number of rotatable bonds is 8. The Hall–Kier alpha value is -2.33. The molecule has 1 N–H and O–H groups in total. The number of thiazole rings is 1. The average molecular weight is 549 g/mol. The van der Waals surface area contributed by atoms with Crippen LogP contribution < -0.4 is 14.8 Å². The van der Waals surface area contributed by atoms with Crippen LogP contribution in [0.5, 0.6) is 11.5 Å². The van der Waals surface area contributed by atoms with Crippen molar-refractivity contribution in [1.82, 2.24) is 4.98 Å². The van der Waals surface area contributed by atoms with Crippen LogP contribution in [0, 0.1) is 0 Å². The number of carbonyl (C=O) groups excluding carboxylic acids is 1. The molecule has 6 nitrogen and oxygen atoms in total. The van der Waals surface area contributed by atoms with Crippen LogP contribution in [0.15, 0.2) is 42.6 Å².